The third kappa shape index (κ3) is 4.18. The summed E-state index contributed by atoms with van der Waals surface area (Å²) in [6.07, 6.45) is 4.43. The monoisotopic (exact) mass is 233 g/mol. The molecule has 0 bridgehead atoms. The zero-order chi connectivity index (χ0) is 12.8. The van der Waals surface area contributed by atoms with Gasteiger partial charge in [-0.25, -0.2) is 4.79 Å². The lowest BCUT2D eigenvalue weighted by Crippen LogP contribution is -2.17. The SMILES string of the molecule is CC(=O)/C(=C/c1cccnc1)C(=O)OC(C)C. The molecule has 0 spiro atoms. The van der Waals surface area contributed by atoms with E-state index in [4.69, 9.17) is 4.74 Å². The van der Waals surface area contributed by atoms with Gasteiger partial charge >= 0.3 is 5.97 Å². The minimum atomic E-state index is -0.601. The smallest absolute Gasteiger partial charge is 0.342 e. The average molecular weight is 233 g/mol. The summed E-state index contributed by atoms with van der Waals surface area (Å²) in [5, 5.41) is 0. The van der Waals surface area contributed by atoms with E-state index in [-0.39, 0.29) is 17.5 Å². The maximum Gasteiger partial charge on any atom is 0.342 e. The molecule has 1 aromatic rings. The zero-order valence-corrected chi connectivity index (χ0v) is 10.1. The van der Waals surface area contributed by atoms with Crippen molar-refractivity contribution < 1.29 is 14.3 Å². The first-order chi connectivity index (χ1) is 8.00. The van der Waals surface area contributed by atoms with E-state index < -0.39 is 5.97 Å². The van der Waals surface area contributed by atoms with Crippen molar-refractivity contribution in [2.24, 2.45) is 0 Å². The van der Waals surface area contributed by atoms with Crippen LogP contribution in [0.25, 0.3) is 6.08 Å². The Morgan fingerprint density at radius 3 is 2.59 bits per heavy atom. The summed E-state index contributed by atoms with van der Waals surface area (Å²) in [5.74, 6) is -0.921. The van der Waals surface area contributed by atoms with Gasteiger partial charge in [0.1, 0.15) is 5.57 Å². The van der Waals surface area contributed by atoms with Crippen LogP contribution >= 0.6 is 0 Å². The predicted octanol–water partition coefficient (Wildman–Crippen LogP) is 2.01. The normalized spacial score (nSPS) is 11.4. The van der Waals surface area contributed by atoms with Crippen molar-refractivity contribution in [2.45, 2.75) is 26.9 Å². The minimum Gasteiger partial charge on any atom is -0.459 e. The molecule has 0 aliphatic rings. The summed E-state index contributed by atoms with van der Waals surface area (Å²) in [5.41, 5.74) is 0.727. The number of Topliss-reactive ketones (excluding diaryl/α,β-unsaturated/α-hetero) is 1. The molecule has 0 fully saturated rings. The van der Waals surface area contributed by atoms with E-state index >= 15 is 0 Å². The zero-order valence-electron chi connectivity index (χ0n) is 10.1. The quantitative estimate of drug-likeness (QED) is 0.345. The summed E-state index contributed by atoms with van der Waals surface area (Å²) in [7, 11) is 0. The van der Waals surface area contributed by atoms with Gasteiger partial charge in [0.2, 0.25) is 0 Å². The van der Waals surface area contributed by atoms with Gasteiger partial charge in [0, 0.05) is 12.4 Å². The molecule has 4 nitrogen and oxygen atoms in total. The fourth-order valence-electron chi connectivity index (χ4n) is 1.21. The van der Waals surface area contributed by atoms with Gasteiger partial charge in [0.25, 0.3) is 0 Å². The van der Waals surface area contributed by atoms with Crippen LogP contribution in [0.15, 0.2) is 30.1 Å². The number of aromatic nitrogens is 1. The number of carbonyl (C=O) groups is 2. The second-order valence-corrected chi connectivity index (χ2v) is 3.85. The number of pyridine rings is 1. The lowest BCUT2D eigenvalue weighted by atomic mass is 10.1. The lowest BCUT2D eigenvalue weighted by molar-refractivity contribution is -0.143. The second kappa shape index (κ2) is 5.94. The number of ether oxygens (including phenoxy) is 1. The molecule has 4 heteroatoms. The Morgan fingerprint density at radius 2 is 2.12 bits per heavy atom. The Hall–Kier alpha value is -1.97. The van der Waals surface area contributed by atoms with E-state index in [1.165, 1.54) is 13.0 Å². The standard InChI is InChI=1S/C13H15NO3/c1-9(2)17-13(16)12(10(3)15)7-11-5-4-6-14-8-11/h4-9H,1-3H3/b12-7-. The number of hydrogen-bond acceptors (Lipinski definition) is 4. The fourth-order valence-corrected chi connectivity index (χ4v) is 1.21. The topological polar surface area (TPSA) is 56.3 Å². The van der Waals surface area contributed by atoms with Crippen molar-refractivity contribution in [3.8, 4) is 0 Å². The molecule has 0 saturated heterocycles. The maximum absolute atomic E-state index is 11.7. The Labute approximate surface area is 100 Å². The molecule has 0 atom stereocenters. The molecule has 0 N–H and O–H groups in total. The Kier molecular flexibility index (Phi) is 4.57. The molecule has 0 saturated carbocycles. The first-order valence-electron chi connectivity index (χ1n) is 5.34. The van der Waals surface area contributed by atoms with E-state index in [0.29, 0.717) is 5.56 Å². The highest BCUT2D eigenvalue weighted by atomic mass is 16.5. The lowest BCUT2D eigenvalue weighted by Gasteiger charge is -2.08. The third-order valence-electron chi connectivity index (χ3n) is 1.94. The van der Waals surface area contributed by atoms with Crippen molar-refractivity contribution >= 4 is 17.8 Å². The van der Waals surface area contributed by atoms with Crippen molar-refractivity contribution in [1.82, 2.24) is 4.98 Å². The fraction of sp³-hybridized carbons (Fsp3) is 0.308. The minimum absolute atomic E-state index is 0.0340. The number of rotatable bonds is 4. The van der Waals surface area contributed by atoms with Gasteiger partial charge in [-0.2, -0.15) is 0 Å². The third-order valence-corrected chi connectivity index (χ3v) is 1.94. The highest BCUT2D eigenvalue weighted by Gasteiger charge is 2.17. The number of carbonyl (C=O) groups excluding carboxylic acids is 2. The Morgan fingerprint density at radius 1 is 1.41 bits per heavy atom. The first-order valence-corrected chi connectivity index (χ1v) is 5.34. The summed E-state index contributed by atoms with van der Waals surface area (Å²) < 4.78 is 5.00. The van der Waals surface area contributed by atoms with E-state index in [0.717, 1.165) is 0 Å². The summed E-state index contributed by atoms with van der Waals surface area (Å²) in [6, 6.07) is 3.50. The van der Waals surface area contributed by atoms with E-state index in [9.17, 15) is 9.59 Å². The van der Waals surface area contributed by atoms with E-state index in [2.05, 4.69) is 4.98 Å². The summed E-state index contributed by atoms with van der Waals surface area (Å²) in [4.78, 5) is 27.0. The highest BCUT2D eigenvalue weighted by Crippen LogP contribution is 2.09. The van der Waals surface area contributed by atoms with Gasteiger partial charge < -0.3 is 4.74 Å². The Bertz CT molecular complexity index is 435. The molecule has 0 aliphatic heterocycles. The van der Waals surface area contributed by atoms with Gasteiger partial charge in [0.05, 0.1) is 6.10 Å². The molecule has 1 aromatic heterocycles. The molecule has 90 valence electrons. The van der Waals surface area contributed by atoms with Crippen LogP contribution in [0.2, 0.25) is 0 Å². The molecule has 0 amide bonds. The number of ketones is 1. The molecule has 0 aromatic carbocycles. The van der Waals surface area contributed by atoms with Gasteiger partial charge in [-0.05, 0) is 38.5 Å². The van der Waals surface area contributed by atoms with Crippen LogP contribution in [-0.4, -0.2) is 22.8 Å². The van der Waals surface area contributed by atoms with Crippen LogP contribution in [-0.2, 0) is 14.3 Å². The maximum atomic E-state index is 11.7. The van der Waals surface area contributed by atoms with Gasteiger partial charge in [-0.1, -0.05) is 6.07 Å². The van der Waals surface area contributed by atoms with Crippen LogP contribution < -0.4 is 0 Å². The van der Waals surface area contributed by atoms with Crippen LogP contribution in [0.3, 0.4) is 0 Å². The first kappa shape index (κ1) is 13.1. The van der Waals surface area contributed by atoms with Crippen LogP contribution in [0.4, 0.5) is 0 Å². The molecule has 0 unspecified atom stereocenters. The van der Waals surface area contributed by atoms with E-state index in [1.54, 1.807) is 38.4 Å². The highest BCUT2D eigenvalue weighted by molar-refractivity contribution is 6.19. The molecule has 0 radical (unpaired) electrons. The molecule has 1 rings (SSSR count). The molecule has 1 heterocycles. The number of nitrogens with zero attached hydrogens (tertiary/aromatic N) is 1. The van der Waals surface area contributed by atoms with Crippen LogP contribution in [0.5, 0.6) is 0 Å². The van der Waals surface area contributed by atoms with E-state index in [1.807, 2.05) is 0 Å². The summed E-state index contributed by atoms with van der Waals surface area (Å²) in [6.45, 7) is 4.81. The largest absolute Gasteiger partial charge is 0.459 e. The molecular formula is C13H15NO3. The van der Waals surface area contributed by atoms with Crippen molar-refractivity contribution in [1.29, 1.82) is 0 Å². The molecule has 17 heavy (non-hydrogen) atoms. The molecule has 0 aliphatic carbocycles. The summed E-state index contributed by atoms with van der Waals surface area (Å²) >= 11 is 0. The van der Waals surface area contributed by atoms with Crippen molar-refractivity contribution in [3.63, 3.8) is 0 Å². The molecular weight excluding hydrogens is 218 g/mol. The van der Waals surface area contributed by atoms with Crippen LogP contribution in [0, 0.1) is 0 Å². The van der Waals surface area contributed by atoms with Crippen molar-refractivity contribution in [3.05, 3.63) is 35.7 Å². The second-order valence-electron chi connectivity index (χ2n) is 3.85. The number of hydrogen-bond donors (Lipinski definition) is 0. The predicted molar refractivity (Wildman–Crippen MR) is 64.1 cm³/mol. The average Bonchev–Trinajstić information content (AvgIpc) is 2.25. The van der Waals surface area contributed by atoms with Gasteiger partial charge in [-0.15, -0.1) is 0 Å². The van der Waals surface area contributed by atoms with Gasteiger partial charge in [0.15, 0.2) is 5.78 Å². The van der Waals surface area contributed by atoms with Crippen LogP contribution in [0.1, 0.15) is 26.3 Å². The van der Waals surface area contributed by atoms with Gasteiger partial charge in [-0.3, -0.25) is 9.78 Å². The number of esters is 1. The Balaban J connectivity index is 2.98. The van der Waals surface area contributed by atoms with Crippen molar-refractivity contribution in [2.75, 3.05) is 0 Å².